The third kappa shape index (κ3) is 9.44. The number of pyridine rings is 2. The Bertz CT molecular complexity index is 1330. The van der Waals surface area contributed by atoms with Crippen LogP contribution in [0.5, 0.6) is 0 Å². The van der Waals surface area contributed by atoms with E-state index in [-0.39, 0.29) is 18.5 Å². The maximum Gasteiger partial charge on any atom is 0.410 e. The highest BCUT2D eigenvalue weighted by Crippen LogP contribution is 2.33. The van der Waals surface area contributed by atoms with Gasteiger partial charge in [-0.25, -0.2) is 14.8 Å². The van der Waals surface area contributed by atoms with Crippen molar-refractivity contribution in [2.24, 2.45) is 5.41 Å². The van der Waals surface area contributed by atoms with Gasteiger partial charge in [0, 0.05) is 56.6 Å². The van der Waals surface area contributed by atoms with Gasteiger partial charge in [-0.3, -0.25) is 4.79 Å². The molecule has 0 radical (unpaired) electrons. The Morgan fingerprint density at radius 1 is 1.20 bits per heavy atom. The van der Waals surface area contributed by atoms with Crippen molar-refractivity contribution >= 4 is 35.3 Å². The van der Waals surface area contributed by atoms with E-state index in [2.05, 4.69) is 21.7 Å². The highest BCUT2D eigenvalue weighted by molar-refractivity contribution is 6.33. The lowest BCUT2D eigenvalue weighted by atomic mass is 9.82. The van der Waals surface area contributed by atoms with E-state index >= 15 is 0 Å². The molecule has 11 nitrogen and oxygen atoms in total. The summed E-state index contributed by atoms with van der Waals surface area (Å²) in [5.74, 6) is 0.476. The molecule has 0 aromatic carbocycles. The van der Waals surface area contributed by atoms with Crippen LogP contribution in [0, 0.1) is 16.7 Å². The average molecular weight is 627 g/mol. The number of aliphatic carboxylic acids is 1. The second-order valence-electron chi connectivity index (χ2n) is 12.6. The predicted octanol–water partition coefficient (Wildman–Crippen LogP) is 6.35. The van der Waals surface area contributed by atoms with Gasteiger partial charge in [0.15, 0.2) is 0 Å². The number of carbonyl (C=O) groups is 2. The van der Waals surface area contributed by atoms with Crippen LogP contribution >= 0.6 is 11.6 Å². The monoisotopic (exact) mass is 626 g/mol. The van der Waals surface area contributed by atoms with Gasteiger partial charge in [-0.05, 0) is 83.9 Å². The van der Waals surface area contributed by atoms with E-state index < -0.39 is 23.1 Å². The molecule has 1 aliphatic carbocycles. The molecule has 3 N–H and O–H groups in total. The van der Waals surface area contributed by atoms with Crippen LogP contribution in [0.4, 0.5) is 16.4 Å². The molecule has 0 atom stereocenters. The van der Waals surface area contributed by atoms with Crippen molar-refractivity contribution in [3.8, 4) is 17.3 Å². The molecule has 0 spiro atoms. The zero-order valence-corrected chi connectivity index (χ0v) is 26.5. The van der Waals surface area contributed by atoms with Crippen LogP contribution in [0.1, 0.15) is 72.1 Å². The third-order valence-corrected chi connectivity index (χ3v) is 8.38. The minimum atomic E-state index is -0.877. The Hall–Kier alpha value is -3.62. The first-order valence-electron chi connectivity index (χ1n) is 15.3. The van der Waals surface area contributed by atoms with Crippen LogP contribution in [0.15, 0.2) is 30.5 Å². The zero-order valence-electron chi connectivity index (χ0n) is 25.8. The fourth-order valence-electron chi connectivity index (χ4n) is 5.63. The molecule has 2 aromatic heterocycles. The Morgan fingerprint density at radius 2 is 1.93 bits per heavy atom. The lowest BCUT2D eigenvalue weighted by molar-refractivity contribution is -0.137. The fraction of sp³-hybridized carbons (Fsp3) is 0.594. The van der Waals surface area contributed by atoms with Crippen molar-refractivity contribution in [1.82, 2.24) is 14.9 Å². The molecular weight excluding hydrogens is 584 g/mol. The standard InChI is InChI=1S/C32H43ClN6O5/c1-31(2,3)44-30(42)39(15-5-8-29(40)41)23-11-9-22(10-12-23)37-28-18-24(25(33)19-35-28)26-6-4-7-27(38-26)36-21-32(20-34)13-16-43-17-14-32/h4,6-7,18-19,22-23H,5,8-17,21H2,1-3H3,(H,35,37)(H,36,38)(H,40,41). The molecule has 12 heteroatoms. The van der Waals surface area contributed by atoms with E-state index in [1.165, 1.54) is 0 Å². The number of halogens is 1. The summed E-state index contributed by atoms with van der Waals surface area (Å²) < 4.78 is 11.1. The second-order valence-corrected chi connectivity index (χ2v) is 13.0. The molecule has 1 amide bonds. The second kappa shape index (κ2) is 14.9. The minimum absolute atomic E-state index is 0.00463. The van der Waals surface area contributed by atoms with Gasteiger partial charge in [0.05, 0.1) is 22.2 Å². The molecule has 0 bridgehead atoms. The summed E-state index contributed by atoms with van der Waals surface area (Å²) in [6, 6.07) is 10.2. The SMILES string of the molecule is CC(C)(C)OC(=O)N(CCCC(=O)O)C1CCC(Nc2cc(-c3cccc(NCC4(C#N)CCOCC4)n3)c(Cl)cn2)CC1. The molecule has 1 saturated carbocycles. The Balaban J connectivity index is 1.38. The fourth-order valence-corrected chi connectivity index (χ4v) is 5.83. The number of nitriles is 1. The topological polar surface area (TPSA) is 150 Å². The van der Waals surface area contributed by atoms with Crippen molar-refractivity contribution in [2.75, 3.05) is 36.9 Å². The van der Waals surface area contributed by atoms with Crippen LogP contribution in [-0.2, 0) is 14.3 Å². The van der Waals surface area contributed by atoms with Crippen molar-refractivity contribution < 1.29 is 24.2 Å². The zero-order chi connectivity index (χ0) is 31.7. The van der Waals surface area contributed by atoms with Crippen molar-refractivity contribution in [3.63, 3.8) is 0 Å². The number of nitrogens with zero attached hydrogens (tertiary/aromatic N) is 4. The van der Waals surface area contributed by atoms with Gasteiger partial charge in [0.1, 0.15) is 17.2 Å². The number of hydrogen-bond acceptors (Lipinski definition) is 9. The summed E-state index contributed by atoms with van der Waals surface area (Å²) in [6.45, 7) is 7.49. The number of hydrogen-bond donors (Lipinski definition) is 3. The first-order valence-corrected chi connectivity index (χ1v) is 15.7. The first-order chi connectivity index (χ1) is 21.0. The summed E-state index contributed by atoms with van der Waals surface area (Å²) in [6.07, 6.45) is 6.12. The molecule has 238 valence electrons. The average Bonchev–Trinajstić information content (AvgIpc) is 2.99. The maximum absolute atomic E-state index is 13.0. The van der Waals surface area contributed by atoms with Crippen LogP contribution < -0.4 is 10.6 Å². The Labute approximate surface area is 264 Å². The number of ether oxygens (including phenoxy) is 2. The van der Waals surface area contributed by atoms with Crippen molar-refractivity contribution in [1.29, 1.82) is 5.26 Å². The lowest BCUT2D eigenvalue weighted by Gasteiger charge is -2.38. The lowest BCUT2D eigenvalue weighted by Crippen LogP contribution is -2.46. The van der Waals surface area contributed by atoms with Crippen molar-refractivity contribution in [3.05, 3.63) is 35.5 Å². The van der Waals surface area contributed by atoms with Gasteiger partial charge in [0.2, 0.25) is 0 Å². The number of nitrogens with one attached hydrogen (secondary N) is 2. The highest BCUT2D eigenvalue weighted by Gasteiger charge is 2.33. The Kier molecular flexibility index (Phi) is 11.3. The maximum atomic E-state index is 13.0. The summed E-state index contributed by atoms with van der Waals surface area (Å²) in [5, 5.41) is 26.2. The molecular formula is C32H43ClN6O5. The summed E-state index contributed by atoms with van der Waals surface area (Å²) >= 11 is 6.57. The predicted molar refractivity (Wildman–Crippen MR) is 169 cm³/mol. The van der Waals surface area contributed by atoms with Crippen molar-refractivity contribution in [2.45, 2.75) is 89.8 Å². The van der Waals surface area contributed by atoms with E-state index in [1.807, 2.05) is 45.0 Å². The molecule has 0 unspecified atom stereocenters. The number of anilines is 2. The van der Waals surface area contributed by atoms with Crippen LogP contribution in [0.2, 0.25) is 5.02 Å². The van der Waals surface area contributed by atoms with Gasteiger partial charge in [0.25, 0.3) is 0 Å². The molecule has 1 saturated heterocycles. The Morgan fingerprint density at radius 3 is 2.59 bits per heavy atom. The third-order valence-electron chi connectivity index (χ3n) is 8.08. The number of amides is 1. The largest absolute Gasteiger partial charge is 0.481 e. The smallest absolute Gasteiger partial charge is 0.410 e. The van der Waals surface area contributed by atoms with Gasteiger partial charge < -0.3 is 30.1 Å². The summed E-state index contributed by atoms with van der Waals surface area (Å²) in [7, 11) is 0. The number of carbonyl (C=O) groups excluding carboxylic acids is 1. The van der Waals surface area contributed by atoms with Crippen LogP contribution in [0.25, 0.3) is 11.3 Å². The number of carboxylic acid groups (broad SMARTS) is 1. The van der Waals surface area contributed by atoms with Crippen LogP contribution in [0.3, 0.4) is 0 Å². The van der Waals surface area contributed by atoms with Gasteiger partial charge in [-0.2, -0.15) is 5.26 Å². The molecule has 4 rings (SSSR count). The van der Waals surface area contributed by atoms with Crippen LogP contribution in [-0.4, -0.2) is 76.0 Å². The number of carboxylic acids is 1. The molecule has 2 aromatic rings. The van der Waals surface area contributed by atoms with E-state index in [1.54, 1.807) is 11.1 Å². The molecule has 2 aliphatic rings. The summed E-state index contributed by atoms with van der Waals surface area (Å²) in [5.41, 5.74) is 0.342. The first kappa shape index (κ1) is 33.3. The van der Waals surface area contributed by atoms with E-state index in [4.69, 9.17) is 31.2 Å². The number of rotatable bonds is 11. The van der Waals surface area contributed by atoms with Gasteiger partial charge in [-0.1, -0.05) is 17.7 Å². The minimum Gasteiger partial charge on any atom is -0.481 e. The highest BCUT2D eigenvalue weighted by atomic mass is 35.5. The molecule has 44 heavy (non-hydrogen) atoms. The normalized spacial score (nSPS) is 19.8. The molecule has 1 aliphatic heterocycles. The quantitative estimate of drug-likeness (QED) is 0.257. The van der Waals surface area contributed by atoms with E-state index in [0.29, 0.717) is 67.9 Å². The van der Waals surface area contributed by atoms with E-state index in [0.717, 1.165) is 31.2 Å². The molecule has 2 fully saturated rings. The van der Waals surface area contributed by atoms with E-state index in [9.17, 15) is 14.9 Å². The summed E-state index contributed by atoms with van der Waals surface area (Å²) in [4.78, 5) is 35.0. The number of aromatic nitrogens is 2. The molecule has 3 heterocycles. The van der Waals surface area contributed by atoms with Gasteiger partial charge >= 0.3 is 12.1 Å². The van der Waals surface area contributed by atoms with Gasteiger partial charge in [-0.15, -0.1) is 0 Å².